The van der Waals surface area contributed by atoms with Gasteiger partial charge < -0.3 is 9.80 Å². The molecule has 0 saturated carbocycles. The summed E-state index contributed by atoms with van der Waals surface area (Å²) in [6, 6.07) is 139. The summed E-state index contributed by atoms with van der Waals surface area (Å²) < 4.78 is 2.52. The van der Waals surface area contributed by atoms with Crippen molar-refractivity contribution in [3.8, 4) is 66.8 Å². The third-order valence-corrected chi connectivity index (χ3v) is 26.5. The number of hydrogen-bond acceptors (Lipinski definition) is 3. The fourth-order valence-corrected chi connectivity index (χ4v) is 22.0. The van der Waals surface area contributed by atoms with E-state index in [1.165, 1.54) is 186 Å². The van der Waals surface area contributed by atoms with Gasteiger partial charge in [-0.3, -0.25) is 0 Å². The van der Waals surface area contributed by atoms with Crippen molar-refractivity contribution >= 4 is 109 Å². The summed E-state index contributed by atoms with van der Waals surface area (Å²) in [6.45, 7) is 4.75. The molecule has 2 nitrogen and oxygen atoms in total. The maximum Gasteiger partial charge on any atom is 0.0725 e. The number of fused-ring (bicyclic) bond motifs is 32. The predicted octanol–water partition coefficient (Wildman–Crippen LogP) is 28.3. The van der Waals surface area contributed by atoms with Crippen LogP contribution in [0.5, 0.6) is 0 Å². The molecule has 19 aromatic rings. The predicted molar refractivity (Wildman–Crippen MR) is 454 cm³/mol. The number of benzene rings is 18. The second-order valence-corrected chi connectivity index (χ2v) is 31.9. The Morgan fingerprint density at radius 1 is 0.222 bits per heavy atom. The normalized spacial score (nSPS) is 14.2. The summed E-state index contributed by atoms with van der Waals surface area (Å²) in [6.07, 6.45) is 0. The van der Waals surface area contributed by atoms with Crippen molar-refractivity contribution in [2.75, 3.05) is 9.80 Å². The minimum Gasteiger partial charge on any atom is -0.310 e. The van der Waals surface area contributed by atoms with Gasteiger partial charge in [-0.1, -0.05) is 275 Å². The van der Waals surface area contributed by atoms with E-state index in [1.54, 1.807) is 0 Å². The highest BCUT2D eigenvalue weighted by Crippen LogP contribution is 2.67. The molecule has 5 aliphatic carbocycles. The molecular formula is C105H66N2S. The molecule has 24 rings (SSSR count). The van der Waals surface area contributed by atoms with Crippen molar-refractivity contribution in [2.45, 2.75) is 30.1 Å². The molecule has 0 aliphatic heterocycles. The maximum absolute atomic E-state index is 2.56. The van der Waals surface area contributed by atoms with Crippen molar-refractivity contribution in [3.05, 3.63) is 420 Å². The van der Waals surface area contributed by atoms with Gasteiger partial charge in [0, 0.05) is 49.3 Å². The Balaban J connectivity index is 0.631. The molecule has 502 valence electrons. The van der Waals surface area contributed by atoms with E-state index in [-0.39, 0.29) is 5.41 Å². The van der Waals surface area contributed by atoms with Crippen LogP contribution in [0.4, 0.5) is 34.1 Å². The molecule has 0 atom stereocenters. The van der Waals surface area contributed by atoms with Gasteiger partial charge in [-0.15, -0.1) is 11.3 Å². The standard InChI is InChI=1S/C105H66N2S/c1-103(2)88-34-16-11-28-78(88)83-51-48-75(62-95(83)103)106(71-23-5-3-6-24-71)73-46-40-65-58-87-97(59-69(65)55-73)105(91-37-19-14-31-81(91)82-32-15-20-38-92(82)105)94-53-45-68-54-64(42-49-77(68)101(87)94)67-43-50-84-85-33-21-39-98(102(85)108-99(84)61-67)107(72-25-7-4-8-26-72)74-47-41-66-57-86-96(60-70(66)56-74)104(93-52-44-63-22-9-10-27-76(63)100(86)93)89-35-17-12-29-79(89)80-30-13-18-36-90(80)104/h3-62H,1-2H3. The molecule has 3 heteroatoms. The van der Waals surface area contributed by atoms with Gasteiger partial charge in [0.15, 0.2) is 0 Å². The molecule has 0 unspecified atom stereocenters. The summed E-state index contributed by atoms with van der Waals surface area (Å²) >= 11 is 1.90. The van der Waals surface area contributed by atoms with Crippen molar-refractivity contribution in [1.29, 1.82) is 0 Å². The van der Waals surface area contributed by atoms with Gasteiger partial charge >= 0.3 is 0 Å². The first-order chi connectivity index (χ1) is 53.3. The van der Waals surface area contributed by atoms with Crippen molar-refractivity contribution in [3.63, 3.8) is 0 Å². The van der Waals surface area contributed by atoms with Crippen LogP contribution in [0.25, 0.3) is 130 Å². The summed E-state index contributed by atoms with van der Waals surface area (Å²) in [5.41, 5.74) is 34.7. The monoisotopic (exact) mass is 1390 g/mol. The Kier molecular flexibility index (Phi) is 12.2. The van der Waals surface area contributed by atoms with Crippen LogP contribution in [0.1, 0.15) is 69.5 Å². The average molecular weight is 1390 g/mol. The van der Waals surface area contributed by atoms with E-state index in [2.05, 4.69) is 388 Å². The number of para-hydroxylation sites is 2. The minimum atomic E-state index is -0.535. The van der Waals surface area contributed by atoms with E-state index in [0.717, 1.165) is 34.1 Å². The molecule has 0 radical (unpaired) electrons. The van der Waals surface area contributed by atoms with Gasteiger partial charge in [-0.2, -0.15) is 0 Å². The fourth-order valence-electron chi connectivity index (χ4n) is 20.8. The van der Waals surface area contributed by atoms with E-state index in [1.807, 2.05) is 11.3 Å². The lowest BCUT2D eigenvalue weighted by Gasteiger charge is -2.31. The Bertz CT molecular complexity index is 7080. The van der Waals surface area contributed by atoms with E-state index < -0.39 is 10.8 Å². The number of hydrogen-bond donors (Lipinski definition) is 0. The Morgan fingerprint density at radius 2 is 0.657 bits per heavy atom. The highest BCUT2D eigenvalue weighted by molar-refractivity contribution is 7.26. The van der Waals surface area contributed by atoms with Gasteiger partial charge in [0.2, 0.25) is 0 Å². The Labute approximate surface area is 630 Å². The molecule has 0 amide bonds. The molecule has 0 fully saturated rings. The molecule has 2 spiro atoms. The summed E-state index contributed by atoms with van der Waals surface area (Å²) in [5.74, 6) is 0. The molecule has 108 heavy (non-hydrogen) atoms. The van der Waals surface area contributed by atoms with Crippen LogP contribution >= 0.6 is 11.3 Å². The third-order valence-electron chi connectivity index (χ3n) is 25.4. The van der Waals surface area contributed by atoms with Crippen LogP contribution in [0.2, 0.25) is 0 Å². The quantitative estimate of drug-likeness (QED) is 0.157. The number of thiophene rings is 1. The van der Waals surface area contributed by atoms with E-state index in [4.69, 9.17) is 0 Å². The number of nitrogens with zero attached hydrogens (tertiary/aromatic N) is 2. The fraction of sp³-hybridized carbons (Fsp3) is 0.0476. The first-order valence-corrected chi connectivity index (χ1v) is 38.7. The lowest BCUT2D eigenvalue weighted by molar-refractivity contribution is 0.660. The molecule has 1 heterocycles. The second-order valence-electron chi connectivity index (χ2n) is 30.9. The van der Waals surface area contributed by atoms with Crippen LogP contribution in [0, 0.1) is 0 Å². The smallest absolute Gasteiger partial charge is 0.0725 e. The summed E-state index contributed by atoms with van der Waals surface area (Å²) in [4.78, 5) is 4.95. The van der Waals surface area contributed by atoms with Crippen LogP contribution in [0.15, 0.2) is 364 Å². The molecule has 0 saturated heterocycles. The average Bonchev–Trinajstić information content (AvgIpc) is 1.51. The zero-order valence-corrected chi connectivity index (χ0v) is 60.3. The Morgan fingerprint density at radius 3 is 1.25 bits per heavy atom. The van der Waals surface area contributed by atoms with Gasteiger partial charge in [0.1, 0.15) is 0 Å². The largest absolute Gasteiger partial charge is 0.310 e. The SMILES string of the molecule is CC1(C)c2ccccc2-c2ccc(N(c3ccccc3)c3ccc4cc5c(cc4c3)C3(c4ccccc4-c4ccccc43)c3ccc4cc(-c6ccc7c(c6)sc6c(N(c8ccccc8)c8ccc9cc%10c(cc9c8)C8(c9ccccc9-c9ccccc98)c8ccc9ccccc9c8-%10)cccc67)ccc4c3-5)cc21. The van der Waals surface area contributed by atoms with E-state index in [0.29, 0.717) is 0 Å². The van der Waals surface area contributed by atoms with E-state index in [9.17, 15) is 0 Å². The van der Waals surface area contributed by atoms with Gasteiger partial charge in [0.05, 0.1) is 21.2 Å². The lowest BCUT2D eigenvalue weighted by Crippen LogP contribution is -2.25. The summed E-state index contributed by atoms with van der Waals surface area (Å²) in [5, 5.41) is 12.5. The first-order valence-electron chi connectivity index (χ1n) is 37.9. The van der Waals surface area contributed by atoms with Crippen LogP contribution < -0.4 is 9.80 Å². The van der Waals surface area contributed by atoms with Crippen LogP contribution in [-0.2, 0) is 16.2 Å². The van der Waals surface area contributed by atoms with Gasteiger partial charge in [0.25, 0.3) is 0 Å². The van der Waals surface area contributed by atoms with Crippen molar-refractivity contribution in [1.82, 2.24) is 0 Å². The first kappa shape index (κ1) is 60.1. The highest BCUT2D eigenvalue weighted by Gasteiger charge is 2.54. The topological polar surface area (TPSA) is 6.48 Å². The lowest BCUT2D eigenvalue weighted by atomic mass is 9.70. The van der Waals surface area contributed by atoms with Gasteiger partial charge in [-0.25, -0.2) is 0 Å². The minimum absolute atomic E-state index is 0.135. The maximum atomic E-state index is 2.56. The van der Waals surface area contributed by atoms with Crippen LogP contribution in [-0.4, -0.2) is 0 Å². The zero-order valence-electron chi connectivity index (χ0n) is 59.4. The molecule has 0 bridgehead atoms. The number of anilines is 6. The van der Waals surface area contributed by atoms with E-state index >= 15 is 0 Å². The molecule has 0 N–H and O–H groups in total. The van der Waals surface area contributed by atoms with Crippen molar-refractivity contribution in [2.24, 2.45) is 0 Å². The number of rotatable bonds is 7. The molecular weight excluding hydrogens is 1320 g/mol. The summed E-state index contributed by atoms with van der Waals surface area (Å²) in [7, 11) is 0. The molecule has 18 aromatic carbocycles. The second kappa shape index (κ2) is 22.0. The molecule has 1 aromatic heterocycles. The van der Waals surface area contributed by atoms with Crippen LogP contribution in [0.3, 0.4) is 0 Å². The Hall–Kier alpha value is -13.2. The van der Waals surface area contributed by atoms with Crippen molar-refractivity contribution < 1.29 is 0 Å². The molecule has 5 aliphatic rings. The third kappa shape index (κ3) is 7.95. The highest BCUT2D eigenvalue weighted by atomic mass is 32.1. The van der Waals surface area contributed by atoms with Gasteiger partial charge in [-0.05, 0) is 269 Å². The zero-order chi connectivity index (χ0) is 70.9.